The topological polar surface area (TPSA) is 81.3 Å². The Kier molecular flexibility index (Phi) is 5.61. The van der Waals surface area contributed by atoms with Crippen LogP contribution in [-0.4, -0.2) is 28.2 Å². The third-order valence-electron chi connectivity index (χ3n) is 11.8. The van der Waals surface area contributed by atoms with Crippen molar-refractivity contribution in [3.63, 3.8) is 0 Å². The molecule has 0 aliphatic heterocycles. The number of aliphatic hydroxyl groups is 2. The maximum absolute atomic E-state index is 12.6. The van der Waals surface area contributed by atoms with Crippen molar-refractivity contribution in [3.05, 3.63) is 83.0 Å². The molecule has 2 aromatic rings. The van der Waals surface area contributed by atoms with Gasteiger partial charge in [0.2, 0.25) is 0 Å². The molecule has 0 bridgehead atoms. The number of carbonyl (C=O) groups is 1. The van der Waals surface area contributed by atoms with Crippen molar-refractivity contribution in [1.29, 1.82) is 5.26 Å². The third kappa shape index (κ3) is 3.46. The first-order valence-corrected chi connectivity index (χ1v) is 14.7. The van der Waals surface area contributed by atoms with Crippen LogP contribution in [0.5, 0.6) is 0 Å². The minimum atomic E-state index is -0.906. The summed E-state index contributed by atoms with van der Waals surface area (Å²) in [5.74, 6) is 2.09. The van der Waals surface area contributed by atoms with Gasteiger partial charge in [0.25, 0.3) is 0 Å². The summed E-state index contributed by atoms with van der Waals surface area (Å²) < 4.78 is 0. The van der Waals surface area contributed by atoms with Gasteiger partial charge in [-0.1, -0.05) is 55.0 Å². The van der Waals surface area contributed by atoms with Crippen LogP contribution in [0.2, 0.25) is 0 Å². The van der Waals surface area contributed by atoms with Gasteiger partial charge in [-0.3, -0.25) is 4.79 Å². The summed E-state index contributed by atoms with van der Waals surface area (Å²) in [5, 5.41) is 30.8. The Bertz CT molecular complexity index is 1450. The van der Waals surface area contributed by atoms with E-state index in [1.807, 2.05) is 36.4 Å². The zero-order valence-electron chi connectivity index (χ0n) is 22.7. The molecule has 0 saturated heterocycles. The van der Waals surface area contributed by atoms with Gasteiger partial charge in [0, 0.05) is 11.8 Å². The Morgan fingerprint density at radius 3 is 2.64 bits per heavy atom. The van der Waals surface area contributed by atoms with Gasteiger partial charge in [-0.25, -0.2) is 0 Å². The molecule has 2 N–H and O–H groups in total. The highest BCUT2D eigenvalue weighted by Crippen LogP contribution is 2.73. The maximum atomic E-state index is 12.6. The summed E-state index contributed by atoms with van der Waals surface area (Å²) in [6.07, 6.45) is 13.0. The number of benzene rings is 2. The molecule has 1 spiro atoms. The molecule has 5 aliphatic rings. The zero-order chi connectivity index (χ0) is 27.0. The molecule has 7 rings (SSSR count). The first-order valence-electron chi connectivity index (χ1n) is 14.7. The molecule has 39 heavy (non-hydrogen) atoms. The SMILES string of the molecule is CC12CC3c4ccc(-c5ccc(C#N)cc5)cc4CC45CCC(=O)C=C4CCC(C35)C1CCC2(O)C=CCO. The average molecular weight is 520 g/mol. The number of hydrogen-bond donors (Lipinski definition) is 2. The summed E-state index contributed by atoms with van der Waals surface area (Å²) in [6, 6.07) is 17.0. The number of hydrogen-bond acceptors (Lipinski definition) is 4. The Morgan fingerprint density at radius 1 is 1.08 bits per heavy atom. The van der Waals surface area contributed by atoms with E-state index >= 15 is 0 Å². The second-order valence-electron chi connectivity index (χ2n) is 13.2. The van der Waals surface area contributed by atoms with E-state index in [0.29, 0.717) is 35.7 Å². The second-order valence-corrected chi connectivity index (χ2v) is 13.2. The molecule has 3 saturated carbocycles. The van der Waals surface area contributed by atoms with E-state index in [9.17, 15) is 20.3 Å². The van der Waals surface area contributed by atoms with Crippen molar-refractivity contribution in [2.24, 2.45) is 28.6 Å². The lowest BCUT2D eigenvalue weighted by molar-refractivity contribution is -0.128. The molecule has 4 nitrogen and oxygen atoms in total. The van der Waals surface area contributed by atoms with Crippen molar-refractivity contribution in [3.8, 4) is 17.2 Å². The Hall–Kier alpha value is -3.00. The van der Waals surface area contributed by atoms with E-state index in [-0.39, 0.29) is 23.2 Å². The lowest BCUT2D eigenvalue weighted by atomic mass is 9.39. The number of carbonyl (C=O) groups excluding carboxylic acids is 1. The number of nitrogens with zero attached hydrogens (tertiary/aromatic N) is 1. The molecule has 3 fully saturated rings. The fourth-order valence-electron chi connectivity index (χ4n) is 10.1. The van der Waals surface area contributed by atoms with E-state index in [2.05, 4.69) is 31.2 Å². The molecule has 7 atom stereocenters. The molecular weight excluding hydrogens is 482 g/mol. The Labute approximate surface area is 231 Å². The summed E-state index contributed by atoms with van der Waals surface area (Å²) in [6.45, 7) is 2.26. The Morgan fingerprint density at radius 2 is 1.87 bits per heavy atom. The number of rotatable bonds is 3. The highest BCUT2D eigenvalue weighted by molar-refractivity contribution is 5.91. The van der Waals surface area contributed by atoms with Crippen LogP contribution in [-0.2, 0) is 11.2 Å². The monoisotopic (exact) mass is 519 g/mol. The minimum absolute atomic E-state index is 0.0285. The summed E-state index contributed by atoms with van der Waals surface area (Å²) in [5.41, 5.74) is 6.01. The van der Waals surface area contributed by atoms with Crippen LogP contribution in [0.4, 0.5) is 0 Å². The highest BCUT2D eigenvalue weighted by atomic mass is 16.3. The first kappa shape index (κ1) is 25.0. The number of ketones is 1. The summed E-state index contributed by atoms with van der Waals surface area (Å²) in [4.78, 5) is 12.6. The third-order valence-corrected chi connectivity index (χ3v) is 11.8. The van der Waals surface area contributed by atoms with Crippen molar-refractivity contribution in [1.82, 2.24) is 0 Å². The molecular formula is C35H37NO3. The second kappa shape index (κ2) is 8.75. The van der Waals surface area contributed by atoms with Gasteiger partial charge in [-0.2, -0.15) is 5.26 Å². The Balaban J connectivity index is 1.38. The lowest BCUT2D eigenvalue weighted by Crippen LogP contribution is -2.59. The zero-order valence-corrected chi connectivity index (χ0v) is 22.7. The molecule has 200 valence electrons. The lowest BCUT2D eigenvalue weighted by Gasteiger charge is -2.65. The predicted molar refractivity (Wildman–Crippen MR) is 151 cm³/mol. The largest absolute Gasteiger partial charge is 0.392 e. The fraction of sp³-hybridized carbons (Fsp3) is 0.486. The predicted octanol–water partition coefficient (Wildman–Crippen LogP) is 6.27. The van der Waals surface area contributed by atoms with E-state index in [1.165, 1.54) is 22.3 Å². The van der Waals surface area contributed by atoms with E-state index < -0.39 is 5.60 Å². The van der Waals surface area contributed by atoms with Crippen LogP contribution in [0.25, 0.3) is 11.1 Å². The van der Waals surface area contributed by atoms with Crippen LogP contribution in [0, 0.1) is 39.9 Å². The number of nitriles is 1. The number of aliphatic hydroxyl groups excluding tert-OH is 1. The van der Waals surface area contributed by atoms with Crippen molar-refractivity contribution >= 4 is 5.78 Å². The van der Waals surface area contributed by atoms with Crippen molar-refractivity contribution in [2.75, 3.05) is 6.61 Å². The molecule has 5 aliphatic carbocycles. The quantitative estimate of drug-likeness (QED) is 0.469. The van der Waals surface area contributed by atoms with Gasteiger partial charge in [0.05, 0.1) is 23.8 Å². The van der Waals surface area contributed by atoms with Gasteiger partial charge in [-0.15, -0.1) is 0 Å². The van der Waals surface area contributed by atoms with Gasteiger partial charge in [0.15, 0.2) is 5.78 Å². The average Bonchev–Trinajstić information content (AvgIpc) is 3.22. The minimum Gasteiger partial charge on any atom is -0.392 e. The van der Waals surface area contributed by atoms with Gasteiger partial charge >= 0.3 is 0 Å². The van der Waals surface area contributed by atoms with Gasteiger partial charge in [0.1, 0.15) is 0 Å². The molecule has 0 heterocycles. The van der Waals surface area contributed by atoms with E-state index in [1.54, 1.807) is 6.08 Å². The van der Waals surface area contributed by atoms with Crippen LogP contribution < -0.4 is 0 Å². The van der Waals surface area contributed by atoms with Crippen molar-refractivity contribution < 1.29 is 15.0 Å². The van der Waals surface area contributed by atoms with Gasteiger partial charge in [-0.05, 0) is 114 Å². The fourth-order valence-corrected chi connectivity index (χ4v) is 10.1. The molecule has 4 heteroatoms. The summed E-state index contributed by atoms with van der Waals surface area (Å²) >= 11 is 0. The standard InChI is InChI=1S/C35H37NO3/c1-33-20-30-28-9-7-24(23-5-3-22(21-36)4-6-23)17-25(28)19-34-14-11-27(38)18-26(34)8-10-29(32(30)34)31(33)12-15-35(33,39)13-2-16-37/h2-7,9,13,17-18,29-32,37,39H,8,10-12,14-16,19-20H2,1H3. The molecule has 0 radical (unpaired) electrons. The highest BCUT2D eigenvalue weighted by Gasteiger charge is 2.67. The van der Waals surface area contributed by atoms with E-state index in [4.69, 9.17) is 0 Å². The van der Waals surface area contributed by atoms with E-state index in [0.717, 1.165) is 50.5 Å². The van der Waals surface area contributed by atoms with Crippen LogP contribution in [0.15, 0.2) is 66.3 Å². The van der Waals surface area contributed by atoms with Crippen LogP contribution in [0.3, 0.4) is 0 Å². The number of allylic oxidation sites excluding steroid dienone is 1. The smallest absolute Gasteiger partial charge is 0.155 e. The molecule has 0 aromatic heterocycles. The number of fused-ring (bicyclic) bond motifs is 4. The van der Waals surface area contributed by atoms with Crippen LogP contribution in [0.1, 0.15) is 74.5 Å². The van der Waals surface area contributed by atoms with Crippen molar-refractivity contribution in [2.45, 2.75) is 69.8 Å². The summed E-state index contributed by atoms with van der Waals surface area (Å²) in [7, 11) is 0. The first-order chi connectivity index (χ1) is 18.8. The van der Waals surface area contributed by atoms with Crippen LogP contribution >= 0.6 is 0 Å². The maximum Gasteiger partial charge on any atom is 0.155 e. The van der Waals surface area contributed by atoms with Gasteiger partial charge < -0.3 is 10.2 Å². The molecule has 2 aromatic carbocycles. The normalized spacial score (nSPS) is 38.3. The molecule has 0 amide bonds. The molecule has 7 unspecified atom stereocenters.